The van der Waals surface area contributed by atoms with Crippen LogP contribution in [0.1, 0.15) is 31.7 Å². The van der Waals surface area contributed by atoms with E-state index in [-0.39, 0.29) is 0 Å². The third-order valence-electron chi connectivity index (χ3n) is 4.41. The van der Waals surface area contributed by atoms with Crippen molar-refractivity contribution in [1.82, 2.24) is 4.90 Å². The zero-order valence-corrected chi connectivity index (χ0v) is 10.7. The fourth-order valence-electron chi connectivity index (χ4n) is 3.12. The quantitative estimate of drug-likeness (QED) is 0.809. The Kier molecular flexibility index (Phi) is 2.62. The highest BCUT2D eigenvalue weighted by atomic mass is 15.2. The van der Waals surface area contributed by atoms with E-state index in [1.54, 1.807) is 0 Å². The van der Waals surface area contributed by atoms with Gasteiger partial charge in [0, 0.05) is 24.2 Å². The van der Waals surface area contributed by atoms with E-state index in [0.717, 1.165) is 11.6 Å². The van der Waals surface area contributed by atoms with E-state index in [2.05, 4.69) is 24.0 Å². The van der Waals surface area contributed by atoms with Crippen molar-refractivity contribution in [2.75, 3.05) is 25.4 Å². The number of rotatable bonds is 3. The van der Waals surface area contributed by atoms with Crippen LogP contribution < -0.4 is 5.73 Å². The van der Waals surface area contributed by atoms with Crippen LogP contribution in [0.15, 0.2) is 24.3 Å². The topological polar surface area (TPSA) is 29.3 Å². The van der Waals surface area contributed by atoms with Crippen molar-refractivity contribution in [3.8, 4) is 0 Å². The van der Waals surface area contributed by atoms with Crippen molar-refractivity contribution in [1.29, 1.82) is 0 Å². The van der Waals surface area contributed by atoms with Gasteiger partial charge in [-0.05, 0) is 49.4 Å². The van der Waals surface area contributed by atoms with Gasteiger partial charge in [0.05, 0.1) is 0 Å². The van der Waals surface area contributed by atoms with Crippen LogP contribution in [0.25, 0.3) is 0 Å². The second-order valence-corrected chi connectivity index (χ2v) is 6.03. The first-order valence-corrected chi connectivity index (χ1v) is 6.76. The summed E-state index contributed by atoms with van der Waals surface area (Å²) in [5.74, 6) is 0.886. The molecule has 17 heavy (non-hydrogen) atoms. The van der Waals surface area contributed by atoms with Crippen molar-refractivity contribution in [3.63, 3.8) is 0 Å². The molecule has 0 bridgehead atoms. The lowest BCUT2D eigenvalue weighted by Crippen LogP contribution is -2.30. The van der Waals surface area contributed by atoms with Gasteiger partial charge in [-0.25, -0.2) is 0 Å². The minimum atomic E-state index is 0.456. The van der Waals surface area contributed by atoms with E-state index in [0.29, 0.717) is 5.41 Å². The molecule has 1 heterocycles. The third-order valence-corrected chi connectivity index (χ3v) is 4.41. The number of nitrogens with two attached hydrogens (primary N) is 1. The number of hydrogen-bond acceptors (Lipinski definition) is 2. The monoisotopic (exact) mass is 230 g/mol. The maximum Gasteiger partial charge on any atom is 0.0314 e. The molecule has 2 nitrogen and oxygen atoms in total. The molecule has 0 aromatic heterocycles. The normalized spacial score (nSPS) is 27.2. The molecule has 1 aliphatic carbocycles. The van der Waals surface area contributed by atoms with E-state index in [1.807, 2.05) is 12.1 Å². The van der Waals surface area contributed by atoms with Crippen LogP contribution in [0.4, 0.5) is 5.69 Å². The molecule has 1 unspecified atom stereocenters. The lowest BCUT2D eigenvalue weighted by molar-refractivity contribution is 0.296. The minimum Gasteiger partial charge on any atom is -0.399 e. The van der Waals surface area contributed by atoms with Crippen molar-refractivity contribution < 1.29 is 0 Å². The number of likely N-dealkylation sites (tertiary alicyclic amines) is 1. The Bertz CT molecular complexity index is 392. The fourth-order valence-corrected chi connectivity index (χ4v) is 3.12. The summed E-state index contributed by atoms with van der Waals surface area (Å²) in [5, 5.41) is 0. The lowest BCUT2D eigenvalue weighted by atomic mass is 9.95. The summed E-state index contributed by atoms with van der Waals surface area (Å²) in [6.07, 6.45) is 4.07. The highest BCUT2D eigenvalue weighted by Crippen LogP contribution is 2.49. The van der Waals surface area contributed by atoms with Crippen molar-refractivity contribution >= 4 is 5.69 Å². The smallest absolute Gasteiger partial charge is 0.0314 e. The molecule has 1 saturated heterocycles. The van der Waals surface area contributed by atoms with Crippen LogP contribution in [0.5, 0.6) is 0 Å². The fraction of sp³-hybridized carbons (Fsp3) is 0.600. The van der Waals surface area contributed by atoms with Crippen LogP contribution in [0.2, 0.25) is 0 Å². The van der Waals surface area contributed by atoms with E-state index in [9.17, 15) is 0 Å². The Labute approximate surface area is 104 Å². The van der Waals surface area contributed by atoms with Crippen molar-refractivity contribution in [3.05, 3.63) is 29.8 Å². The SMILES string of the molecule is CC1CCN(CC2(c3ccc(N)cc3)CC2)C1. The summed E-state index contributed by atoms with van der Waals surface area (Å²) in [4.78, 5) is 2.65. The van der Waals surface area contributed by atoms with E-state index in [1.165, 1.54) is 44.5 Å². The van der Waals surface area contributed by atoms with Crippen LogP contribution in [-0.2, 0) is 5.41 Å². The van der Waals surface area contributed by atoms with E-state index < -0.39 is 0 Å². The highest BCUT2D eigenvalue weighted by molar-refractivity contribution is 5.43. The number of hydrogen-bond donors (Lipinski definition) is 1. The van der Waals surface area contributed by atoms with Crippen LogP contribution >= 0.6 is 0 Å². The summed E-state index contributed by atoms with van der Waals surface area (Å²) >= 11 is 0. The molecule has 2 aliphatic rings. The molecule has 2 N–H and O–H groups in total. The van der Waals surface area contributed by atoms with Gasteiger partial charge < -0.3 is 10.6 Å². The molecular formula is C15H22N2. The molecule has 2 heteroatoms. The van der Waals surface area contributed by atoms with Gasteiger partial charge in [0.2, 0.25) is 0 Å². The van der Waals surface area contributed by atoms with Crippen molar-refractivity contribution in [2.24, 2.45) is 5.92 Å². The van der Waals surface area contributed by atoms with E-state index >= 15 is 0 Å². The molecule has 1 saturated carbocycles. The summed E-state index contributed by atoms with van der Waals surface area (Å²) in [7, 11) is 0. The number of benzene rings is 1. The highest BCUT2D eigenvalue weighted by Gasteiger charge is 2.45. The second kappa shape index (κ2) is 4.02. The summed E-state index contributed by atoms with van der Waals surface area (Å²) in [6.45, 7) is 6.19. The Balaban J connectivity index is 1.71. The Morgan fingerprint density at radius 1 is 1.29 bits per heavy atom. The largest absolute Gasteiger partial charge is 0.399 e. The van der Waals surface area contributed by atoms with Gasteiger partial charge in [-0.15, -0.1) is 0 Å². The average Bonchev–Trinajstić information content (AvgIpc) is 2.97. The average molecular weight is 230 g/mol. The number of nitrogens with zero attached hydrogens (tertiary/aromatic N) is 1. The predicted molar refractivity (Wildman–Crippen MR) is 72.0 cm³/mol. The van der Waals surface area contributed by atoms with Gasteiger partial charge in [-0.3, -0.25) is 0 Å². The van der Waals surface area contributed by atoms with Gasteiger partial charge in [0.1, 0.15) is 0 Å². The molecule has 1 aliphatic heterocycles. The van der Waals surface area contributed by atoms with E-state index in [4.69, 9.17) is 5.73 Å². The Hall–Kier alpha value is -1.02. The van der Waals surface area contributed by atoms with Crippen LogP contribution in [0, 0.1) is 5.92 Å². The third kappa shape index (κ3) is 2.19. The molecule has 2 fully saturated rings. The van der Waals surface area contributed by atoms with Crippen LogP contribution in [-0.4, -0.2) is 24.5 Å². The van der Waals surface area contributed by atoms with Gasteiger partial charge in [-0.1, -0.05) is 19.1 Å². The molecule has 0 radical (unpaired) electrons. The standard InChI is InChI=1S/C15H22N2/c1-12-6-9-17(10-12)11-15(7-8-15)13-2-4-14(16)5-3-13/h2-5,12H,6-11,16H2,1H3. The zero-order valence-electron chi connectivity index (χ0n) is 10.7. The Morgan fingerprint density at radius 3 is 2.53 bits per heavy atom. The summed E-state index contributed by atoms with van der Waals surface area (Å²) in [6, 6.07) is 8.54. The first kappa shape index (κ1) is 11.1. The van der Waals surface area contributed by atoms with Gasteiger partial charge in [0.25, 0.3) is 0 Å². The second-order valence-electron chi connectivity index (χ2n) is 6.03. The van der Waals surface area contributed by atoms with Crippen LogP contribution in [0.3, 0.4) is 0 Å². The molecule has 1 atom stereocenters. The molecule has 0 spiro atoms. The molecule has 92 valence electrons. The minimum absolute atomic E-state index is 0.456. The maximum absolute atomic E-state index is 5.76. The number of anilines is 1. The molecule has 1 aromatic rings. The van der Waals surface area contributed by atoms with Gasteiger partial charge >= 0.3 is 0 Å². The predicted octanol–water partition coefficient (Wildman–Crippen LogP) is 2.64. The molecule has 0 amide bonds. The summed E-state index contributed by atoms with van der Waals surface area (Å²) in [5.41, 5.74) is 8.58. The first-order chi connectivity index (χ1) is 8.18. The molecule has 3 rings (SSSR count). The van der Waals surface area contributed by atoms with Gasteiger partial charge in [-0.2, -0.15) is 0 Å². The number of nitrogen functional groups attached to an aromatic ring is 1. The zero-order chi connectivity index (χ0) is 11.9. The summed E-state index contributed by atoms with van der Waals surface area (Å²) < 4.78 is 0. The molecule has 1 aromatic carbocycles. The Morgan fingerprint density at radius 2 is 2.00 bits per heavy atom. The first-order valence-electron chi connectivity index (χ1n) is 6.76. The maximum atomic E-state index is 5.76. The lowest BCUT2D eigenvalue weighted by Gasteiger charge is -2.23. The van der Waals surface area contributed by atoms with Crippen molar-refractivity contribution in [2.45, 2.75) is 31.6 Å². The molecular weight excluding hydrogens is 208 g/mol. The van der Waals surface area contributed by atoms with Gasteiger partial charge in [0.15, 0.2) is 0 Å².